The number of anilines is 3. The lowest BCUT2D eigenvalue weighted by Crippen LogP contribution is -2.35. The zero-order valence-corrected chi connectivity index (χ0v) is 16.1. The predicted molar refractivity (Wildman–Crippen MR) is 108 cm³/mol. The Kier molecular flexibility index (Phi) is 5.27. The molecule has 3 heterocycles. The molecule has 1 unspecified atom stereocenters. The van der Waals surface area contributed by atoms with Gasteiger partial charge in [0.1, 0.15) is 35.3 Å². The second-order valence-corrected chi connectivity index (χ2v) is 6.71. The van der Waals surface area contributed by atoms with E-state index in [1.165, 1.54) is 0 Å². The lowest BCUT2D eigenvalue weighted by molar-refractivity contribution is 0.395. The van der Waals surface area contributed by atoms with Gasteiger partial charge in [-0.25, -0.2) is 15.0 Å². The van der Waals surface area contributed by atoms with Crippen molar-refractivity contribution in [1.82, 2.24) is 19.9 Å². The van der Waals surface area contributed by atoms with E-state index in [0.717, 1.165) is 49.0 Å². The van der Waals surface area contributed by atoms with Gasteiger partial charge in [0, 0.05) is 43.5 Å². The Morgan fingerprint density at radius 3 is 2.86 bits per heavy atom. The molecule has 3 aromatic rings. The first kappa shape index (κ1) is 18.1. The van der Waals surface area contributed by atoms with Gasteiger partial charge in [0.15, 0.2) is 0 Å². The fourth-order valence-electron chi connectivity index (χ4n) is 3.54. The smallest absolute Gasteiger partial charge is 0.146 e. The Bertz CT molecular complexity index is 915. The van der Waals surface area contributed by atoms with Crippen LogP contribution in [0.15, 0.2) is 43.0 Å². The summed E-state index contributed by atoms with van der Waals surface area (Å²) in [5.74, 6) is 4.48. The van der Waals surface area contributed by atoms with Gasteiger partial charge in [-0.2, -0.15) is 0 Å². The normalized spacial score (nSPS) is 16.6. The number of hydrogen-bond donors (Lipinski definition) is 2. The van der Waals surface area contributed by atoms with Crippen LogP contribution in [0.4, 0.5) is 17.3 Å². The fraction of sp³-hybridized carbons (Fsp3) is 0.350. The van der Waals surface area contributed by atoms with Gasteiger partial charge in [-0.1, -0.05) is 0 Å². The SMILES string of the molecule is COc1ccc(Nc2cc(N3CCCC(c4ncc[nH]4)C3)ncn2)c(OC)c1. The molecule has 2 N–H and O–H groups in total. The number of nitrogens with zero attached hydrogens (tertiary/aromatic N) is 4. The summed E-state index contributed by atoms with van der Waals surface area (Å²) in [5, 5.41) is 3.32. The first-order valence-corrected chi connectivity index (χ1v) is 9.32. The Hall–Kier alpha value is -3.29. The van der Waals surface area contributed by atoms with Gasteiger partial charge in [0.05, 0.1) is 19.9 Å². The Balaban J connectivity index is 1.52. The molecule has 0 aliphatic carbocycles. The molecule has 8 heteroatoms. The maximum Gasteiger partial charge on any atom is 0.146 e. The van der Waals surface area contributed by atoms with Crippen LogP contribution in [-0.2, 0) is 0 Å². The standard InChI is InChI=1S/C20H24N6O2/c1-27-15-5-6-16(17(10-15)28-2)25-18-11-19(24-13-23-18)26-9-3-4-14(12-26)20-21-7-8-22-20/h5-8,10-11,13-14H,3-4,9,12H2,1-2H3,(H,21,22)(H,23,24,25). The molecule has 0 amide bonds. The van der Waals surface area contributed by atoms with Crippen molar-refractivity contribution in [3.05, 3.63) is 48.8 Å². The highest BCUT2D eigenvalue weighted by molar-refractivity contribution is 5.67. The molecular weight excluding hydrogens is 356 g/mol. The molecule has 4 rings (SSSR count). The fourth-order valence-corrected chi connectivity index (χ4v) is 3.54. The van der Waals surface area contributed by atoms with Crippen LogP contribution >= 0.6 is 0 Å². The summed E-state index contributed by atoms with van der Waals surface area (Å²) in [5.41, 5.74) is 0.819. The lowest BCUT2D eigenvalue weighted by Gasteiger charge is -2.32. The van der Waals surface area contributed by atoms with Crippen LogP contribution in [0, 0.1) is 0 Å². The lowest BCUT2D eigenvalue weighted by atomic mass is 9.97. The average molecular weight is 380 g/mol. The minimum Gasteiger partial charge on any atom is -0.497 e. The molecule has 0 bridgehead atoms. The monoisotopic (exact) mass is 380 g/mol. The number of aromatic amines is 1. The van der Waals surface area contributed by atoms with Crippen molar-refractivity contribution in [2.75, 3.05) is 37.5 Å². The van der Waals surface area contributed by atoms with E-state index >= 15 is 0 Å². The van der Waals surface area contributed by atoms with Crippen LogP contribution in [0.2, 0.25) is 0 Å². The second kappa shape index (κ2) is 8.16. The molecule has 8 nitrogen and oxygen atoms in total. The number of aromatic nitrogens is 4. The van der Waals surface area contributed by atoms with Crippen molar-refractivity contribution >= 4 is 17.3 Å². The number of benzene rings is 1. The third kappa shape index (κ3) is 3.85. The number of nitrogens with one attached hydrogen (secondary N) is 2. The van der Waals surface area contributed by atoms with Gasteiger partial charge in [-0.15, -0.1) is 0 Å². The van der Waals surface area contributed by atoms with Gasteiger partial charge < -0.3 is 24.7 Å². The Morgan fingerprint density at radius 2 is 2.07 bits per heavy atom. The van der Waals surface area contributed by atoms with Crippen LogP contribution in [0.5, 0.6) is 11.5 Å². The molecule has 1 aromatic carbocycles. The molecule has 1 aliphatic heterocycles. The molecule has 2 aromatic heterocycles. The largest absolute Gasteiger partial charge is 0.497 e. The molecule has 1 saturated heterocycles. The van der Waals surface area contributed by atoms with Crippen molar-refractivity contribution < 1.29 is 9.47 Å². The van der Waals surface area contributed by atoms with Crippen LogP contribution in [0.25, 0.3) is 0 Å². The molecule has 0 radical (unpaired) electrons. The minimum atomic E-state index is 0.386. The van der Waals surface area contributed by atoms with E-state index in [1.54, 1.807) is 20.5 Å². The molecular formula is C20H24N6O2. The van der Waals surface area contributed by atoms with Gasteiger partial charge in [-0.3, -0.25) is 0 Å². The van der Waals surface area contributed by atoms with E-state index in [2.05, 4.69) is 30.2 Å². The molecule has 28 heavy (non-hydrogen) atoms. The maximum absolute atomic E-state index is 5.46. The highest BCUT2D eigenvalue weighted by Crippen LogP contribution is 2.32. The highest BCUT2D eigenvalue weighted by Gasteiger charge is 2.24. The van der Waals surface area contributed by atoms with E-state index in [0.29, 0.717) is 17.5 Å². The summed E-state index contributed by atoms with van der Waals surface area (Å²) in [6.45, 7) is 1.86. The number of ether oxygens (including phenoxy) is 2. The average Bonchev–Trinajstić information content (AvgIpc) is 3.29. The van der Waals surface area contributed by atoms with Crippen LogP contribution in [0.3, 0.4) is 0 Å². The van der Waals surface area contributed by atoms with Crippen molar-refractivity contribution in [3.63, 3.8) is 0 Å². The summed E-state index contributed by atoms with van der Waals surface area (Å²) in [7, 11) is 3.26. The van der Waals surface area contributed by atoms with E-state index in [4.69, 9.17) is 9.47 Å². The summed E-state index contributed by atoms with van der Waals surface area (Å²) >= 11 is 0. The first-order chi connectivity index (χ1) is 13.8. The second-order valence-electron chi connectivity index (χ2n) is 6.71. The topological polar surface area (TPSA) is 88.2 Å². The maximum atomic E-state index is 5.46. The number of H-pyrrole nitrogens is 1. The van der Waals surface area contributed by atoms with E-state index in [-0.39, 0.29) is 0 Å². The number of piperidine rings is 1. The summed E-state index contributed by atoms with van der Waals surface area (Å²) in [6.07, 6.45) is 7.50. The molecule has 0 saturated carbocycles. The van der Waals surface area contributed by atoms with Gasteiger partial charge >= 0.3 is 0 Å². The number of hydrogen-bond acceptors (Lipinski definition) is 7. The Morgan fingerprint density at radius 1 is 1.14 bits per heavy atom. The number of imidazole rings is 1. The third-order valence-corrected chi connectivity index (χ3v) is 4.98. The summed E-state index contributed by atoms with van der Waals surface area (Å²) < 4.78 is 10.7. The van der Waals surface area contributed by atoms with E-state index in [1.807, 2.05) is 36.7 Å². The zero-order valence-electron chi connectivity index (χ0n) is 16.1. The molecule has 0 spiro atoms. The Labute approximate surface area is 163 Å². The first-order valence-electron chi connectivity index (χ1n) is 9.32. The zero-order chi connectivity index (χ0) is 19.3. The summed E-state index contributed by atoms with van der Waals surface area (Å²) in [6, 6.07) is 7.59. The van der Waals surface area contributed by atoms with Gasteiger partial charge in [0.25, 0.3) is 0 Å². The molecule has 1 atom stereocenters. The summed E-state index contributed by atoms with van der Waals surface area (Å²) in [4.78, 5) is 18.8. The van der Waals surface area contributed by atoms with Crippen LogP contribution < -0.4 is 19.7 Å². The van der Waals surface area contributed by atoms with Crippen LogP contribution in [-0.4, -0.2) is 47.2 Å². The van der Waals surface area contributed by atoms with Crippen molar-refractivity contribution in [3.8, 4) is 11.5 Å². The quantitative estimate of drug-likeness (QED) is 0.678. The highest BCUT2D eigenvalue weighted by atomic mass is 16.5. The number of methoxy groups -OCH3 is 2. The van der Waals surface area contributed by atoms with Gasteiger partial charge in [0.2, 0.25) is 0 Å². The predicted octanol–water partition coefficient (Wildman–Crippen LogP) is 3.34. The van der Waals surface area contributed by atoms with Crippen LogP contribution in [0.1, 0.15) is 24.6 Å². The van der Waals surface area contributed by atoms with E-state index in [9.17, 15) is 0 Å². The van der Waals surface area contributed by atoms with E-state index < -0.39 is 0 Å². The third-order valence-electron chi connectivity index (χ3n) is 4.98. The molecule has 146 valence electrons. The minimum absolute atomic E-state index is 0.386. The number of rotatable bonds is 6. The van der Waals surface area contributed by atoms with Crippen molar-refractivity contribution in [2.45, 2.75) is 18.8 Å². The van der Waals surface area contributed by atoms with Gasteiger partial charge in [-0.05, 0) is 25.0 Å². The van der Waals surface area contributed by atoms with Crippen molar-refractivity contribution in [2.24, 2.45) is 0 Å². The van der Waals surface area contributed by atoms with Crippen molar-refractivity contribution in [1.29, 1.82) is 0 Å². The molecule has 1 aliphatic rings. The molecule has 1 fully saturated rings.